The van der Waals surface area contributed by atoms with Crippen molar-refractivity contribution in [1.82, 2.24) is 0 Å². The molecule has 1 fully saturated rings. The van der Waals surface area contributed by atoms with Crippen molar-refractivity contribution < 1.29 is 0 Å². The standard InChI is InChI=1S/C6H9NS/c1-6(5-7)3-2-4-8-6/h2-4H2,1H3/t6-/m0/s1. The number of rotatable bonds is 0. The van der Waals surface area contributed by atoms with E-state index in [1.807, 2.05) is 6.92 Å². The first-order valence-electron chi connectivity index (χ1n) is 2.82. The lowest BCUT2D eigenvalue weighted by Gasteiger charge is -2.08. The van der Waals surface area contributed by atoms with Crippen LogP contribution in [0.25, 0.3) is 0 Å². The Labute approximate surface area is 54.1 Å². The van der Waals surface area contributed by atoms with Gasteiger partial charge in [0.25, 0.3) is 0 Å². The van der Waals surface area contributed by atoms with E-state index < -0.39 is 0 Å². The van der Waals surface area contributed by atoms with Crippen molar-refractivity contribution in [2.24, 2.45) is 0 Å². The maximum absolute atomic E-state index is 8.55. The molecule has 8 heavy (non-hydrogen) atoms. The summed E-state index contributed by atoms with van der Waals surface area (Å²) in [7, 11) is 0. The van der Waals surface area contributed by atoms with Crippen molar-refractivity contribution in [3.05, 3.63) is 0 Å². The van der Waals surface area contributed by atoms with Gasteiger partial charge in [-0.1, -0.05) is 0 Å². The normalized spacial score (nSPS) is 37.0. The lowest BCUT2D eigenvalue weighted by Crippen LogP contribution is -2.10. The van der Waals surface area contributed by atoms with Gasteiger partial charge in [-0.25, -0.2) is 0 Å². The molecule has 1 saturated heterocycles. The second-order valence-corrected chi connectivity index (χ2v) is 3.89. The van der Waals surface area contributed by atoms with Gasteiger partial charge in [0.15, 0.2) is 0 Å². The van der Waals surface area contributed by atoms with Crippen LogP contribution in [0.4, 0.5) is 0 Å². The minimum Gasteiger partial charge on any atom is -0.197 e. The predicted octanol–water partition coefficient (Wildman–Crippen LogP) is 1.80. The summed E-state index contributed by atoms with van der Waals surface area (Å²) in [6.45, 7) is 2.02. The minimum absolute atomic E-state index is 0.0417. The summed E-state index contributed by atoms with van der Waals surface area (Å²) in [5.74, 6) is 1.17. The van der Waals surface area contributed by atoms with Crippen LogP contribution in [-0.4, -0.2) is 10.5 Å². The molecule has 0 N–H and O–H groups in total. The zero-order chi connectivity index (χ0) is 6.04. The van der Waals surface area contributed by atoms with Gasteiger partial charge in [-0.15, -0.1) is 11.8 Å². The SMILES string of the molecule is C[C@@]1(C#N)CCCS1. The van der Waals surface area contributed by atoms with Crippen LogP contribution in [0.2, 0.25) is 0 Å². The summed E-state index contributed by atoms with van der Waals surface area (Å²) in [6, 6.07) is 2.30. The van der Waals surface area contributed by atoms with Crippen molar-refractivity contribution >= 4 is 11.8 Å². The second kappa shape index (κ2) is 1.99. The van der Waals surface area contributed by atoms with Gasteiger partial charge in [0.1, 0.15) is 0 Å². The minimum atomic E-state index is -0.0417. The van der Waals surface area contributed by atoms with Crippen LogP contribution in [0.5, 0.6) is 0 Å². The smallest absolute Gasteiger partial charge is 0.0995 e. The van der Waals surface area contributed by atoms with E-state index in [4.69, 9.17) is 5.26 Å². The molecule has 0 radical (unpaired) electrons. The molecule has 44 valence electrons. The van der Waals surface area contributed by atoms with E-state index in [2.05, 4.69) is 6.07 Å². The average molecular weight is 127 g/mol. The van der Waals surface area contributed by atoms with Gasteiger partial charge in [-0.2, -0.15) is 5.26 Å². The first-order valence-corrected chi connectivity index (χ1v) is 3.81. The summed E-state index contributed by atoms with van der Waals surface area (Å²) in [4.78, 5) is 0. The van der Waals surface area contributed by atoms with Crippen LogP contribution in [0, 0.1) is 11.3 Å². The van der Waals surface area contributed by atoms with E-state index >= 15 is 0 Å². The van der Waals surface area contributed by atoms with E-state index in [0.717, 1.165) is 6.42 Å². The Balaban J connectivity index is 2.56. The highest BCUT2D eigenvalue weighted by Gasteiger charge is 2.28. The summed E-state index contributed by atoms with van der Waals surface area (Å²) >= 11 is 1.78. The van der Waals surface area contributed by atoms with Gasteiger partial charge in [0, 0.05) is 0 Å². The summed E-state index contributed by atoms with van der Waals surface area (Å²) in [5, 5.41) is 8.55. The third kappa shape index (κ3) is 0.976. The van der Waals surface area contributed by atoms with E-state index in [-0.39, 0.29) is 4.75 Å². The fourth-order valence-electron chi connectivity index (χ4n) is 0.867. The Hall–Kier alpha value is -0.160. The van der Waals surface area contributed by atoms with Crippen molar-refractivity contribution in [2.75, 3.05) is 5.75 Å². The maximum Gasteiger partial charge on any atom is 0.0995 e. The molecule has 1 heterocycles. The molecule has 0 unspecified atom stereocenters. The molecule has 0 aromatic heterocycles. The molecule has 1 atom stereocenters. The first kappa shape index (κ1) is 5.97. The fourth-order valence-corrected chi connectivity index (χ4v) is 1.96. The zero-order valence-corrected chi connectivity index (χ0v) is 5.79. The predicted molar refractivity (Wildman–Crippen MR) is 35.7 cm³/mol. The molecule has 2 heteroatoms. The van der Waals surface area contributed by atoms with Gasteiger partial charge in [-0.3, -0.25) is 0 Å². The van der Waals surface area contributed by atoms with E-state index in [1.165, 1.54) is 12.2 Å². The lowest BCUT2D eigenvalue weighted by atomic mass is 10.1. The fraction of sp³-hybridized carbons (Fsp3) is 0.833. The van der Waals surface area contributed by atoms with Crippen molar-refractivity contribution in [3.63, 3.8) is 0 Å². The highest BCUT2D eigenvalue weighted by Crippen LogP contribution is 2.36. The largest absolute Gasteiger partial charge is 0.197 e. The number of thioether (sulfide) groups is 1. The summed E-state index contributed by atoms with van der Waals surface area (Å²) in [6.07, 6.45) is 2.29. The molecule has 1 aliphatic rings. The van der Waals surface area contributed by atoms with E-state index in [0.29, 0.717) is 0 Å². The zero-order valence-electron chi connectivity index (χ0n) is 4.98. The van der Waals surface area contributed by atoms with Gasteiger partial charge in [-0.05, 0) is 25.5 Å². The monoisotopic (exact) mass is 127 g/mol. The third-order valence-electron chi connectivity index (χ3n) is 1.46. The van der Waals surface area contributed by atoms with Gasteiger partial charge in [0.05, 0.1) is 10.8 Å². The number of nitriles is 1. The topological polar surface area (TPSA) is 23.8 Å². The molecule has 1 nitrogen and oxygen atoms in total. The third-order valence-corrected chi connectivity index (χ3v) is 2.88. The molecule has 0 aromatic carbocycles. The second-order valence-electron chi connectivity index (χ2n) is 2.29. The van der Waals surface area contributed by atoms with Crippen LogP contribution in [0.3, 0.4) is 0 Å². The van der Waals surface area contributed by atoms with Gasteiger partial charge >= 0.3 is 0 Å². The Kier molecular flexibility index (Phi) is 1.48. The van der Waals surface area contributed by atoms with Gasteiger partial charge < -0.3 is 0 Å². The Bertz CT molecular complexity index is 119. The molecule has 0 amide bonds. The molecule has 1 rings (SSSR count). The number of hydrogen-bond acceptors (Lipinski definition) is 2. The number of nitrogens with zero attached hydrogens (tertiary/aromatic N) is 1. The molecule has 0 aromatic rings. The Morgan fingerprint density at radius 1 is 1.75 bits per heavy atom. The molecule has 0 spiro atoms. The van der Waals surface area contributed by atoms with Crippen molar-refractivity contribution in [1.29, 1.82) is 5.26 Å². The molecule has 0 saturated carbocycles. The van der Waals surface area contributed by atoms with Crippen LogP contribution >= 0.6 is 11.8 Å². The van der Waals surface area contributed by atoms with Crippen molar-refractivity contribution in [3.8, 4) is 6.07 Å². The summed E-state index contributed by atoms with van der Waals surface area (Å²) < 4.78 is -0.0417. The number of hydrogen-bond donors (Lipinski definition) is 0. The Morgan fingerprint density at radius 2 is 2.50 bits per heavy atom. The van der Waals surface area contributed by atoms with Gasteiger partial charge in [0.2, 0.25) is 0 Å². The Morgan fingerprint density at radius 3 is 2.75 bits per heavy atom. The van der Waals surface area contributed by atoms with Crippen LogP contribution in [0.15, 0.2) is 0 Å². The van der Waals surface area contributed by atoms with Crippen LogP contribution in [0.1, 0.15) is 19.8 Å². The molecular formula is C6H9NS. The highest BCUT2D eigenvalue weighted by atomic mass is 32.2. The first-order chi connectivity index (χ1) is 3.77. The summed E-state index contributed by atoms with van der Waals surface area (Å²) in [5.41, 5.74) is 0. The van der Waals surface area contributed by atoms with Crippen LogP contribution in [-0.2, 0) is 0 Å². The van der Waals surface area contributed by atoms with Crippen LogP contribution < -0.4 is 0 Å². The average Bonchev–Trinajstić information content (AvgIpc) is 2.17. The van der Waals surface area contributed by atoms with E-state index in [9.17, 15) is 0 Å². The van der Waals surface area contributed by atoms with E-state index in [1.54, 1.807) is 11.8 Å². The molecular weight excluding hydrogens is 118 g/mol. The molecule has 0 bridgehead atoms. The highest BCUT2D eigenvalue weighted by molar-refractivity contribution is 8.01. The lowest BCUT2D eigenvalue weighted by molar-refractivity contribution is 0.735. The molecule has 0 aliphatic carbocycles. The molecule has 1 aliphatic heterocycles. The maximum atomic E-state index is 8.55. The quantitative estimate of drug-likeness (QED) is 0.495. The van der Waals surface area contributed by atoms with Crippen molar-refractivity contribution in [2.45, 2.75) is 24.5 Å².